The van der Waals surface area contributed by atoms with Crippen LogP contribution in [0.15, 0.2) is 18.3 Å². The second-order valence-electron chi connectivity index (χ2n) is 4.72. The molecule has 0 fully saturated rings. The summed E-state index contributed by atoms with van der Waals surface area (Å²) >= 11 is 0. The molecule has 0 spiro atoms. The zero-order chi connectivity index (χ0) is 15.0. The van der Waals surface area contributed by atoms with Gasteiger partial charge in [-0.1, -0.05) is 13.8 Å². The molecule has 0 unspecified atom stereocenters. The first-order chi connectivity index (χ1) is 9.46. The normalized spacial score (nSPS) is 11.7. The zero-order valence-corrected chi connectivity index (χ0v) is 12.0. The molecule has 1 heterocycles. The third-order valence-corrected chi connectivity index (χ3v) is 2.76. The van der Waals surface area contributed by atoms with Crippen LogP contribution in [0.1, 0.15) is 32.4 Å². The number of aromatic nitrogens is 1. The number of nitrogens with zero attached hydrogens (tertiary/aromatic N) is 2. The predicted octanol–water partition coefficient (Wildman–Crippen LogP) is 3.36. The molecule has 1 aromatic rings. The average Bonchev–Trinajstić information content (AvgIpc) is 2.37. The van der Waals surface area contributed by atoms with Crippen molar-refractivity contribution >= 4 is 5.69 Å². The van der Waals surface area contributed by atoms with E-state index in [2.05, 4.69) is 17.2 Å². The lowest BCUT2D eigenvalue weighted by atomic mass is 10.2. The van der Waals surface area contributed by atoms with Crippen molar-refractivity contribution in [1.29, 1.82) is 0 Å². The standard InChI is InChI=1S/C14H22F3N3/c1-3-6-18-10-12-9-13(5-7-19-12)20(8-4-2)11-14(15,16)17/h5,7,9,18H,3-4,6,8,10-11H2,1-2H3. The average molecular weight is 289 g/mol. The van der Waals surface area contributed by atoms with E-state index >= 15 is 0 Å². The molecule has 0 radical (unpaired) electrons. The molecule has 0 aliphatic heterocycles. The minimum atomic E-state index is -4.20. The number of nitrogens with one attached hydrogen (secondary N) is 1. The van der Waals surface area contributed by atoms with E-state index < -0.39 is 12.7 Å². The van der Waals surface area contributed by atoms with Crippen LogP contribution in [-0.2, 0) is 6.54 Å². The zero-order valence-electron chi connectivity index (χ0n) is 12.0. The topological polar surface area (TPSA) is 28.2 Å². The van der Waals surface area contributed by atoms with Crippen LogP contribution in [0.4, 0.5) is 18.9 Å². The molecule has 0 saturated heterocycles. The molecule has 0 atom stereocenters. The lowest BCUT2D eigenvalue weighted by molar-refractivity contribution is -0.119. The summed E-state index contributed by atoms with van der Waals surface area (Å²) < 4.78 is 37.8. The highest BCUT2D eigenvalue weighted by Gasteiger charge is 2.30. The van der Waals surface area contributed by atoms with Crippen molar-refractivity contribution < 1.29 is 13.2 Å². The number of hydrogen-bond acceptors (Lipinski definition) is 3. The van der Waals surface area contributed by atoms with Crippen molar-refractivity contribution in [1.82, 2.24) is 10.3 Å². The van der Waals surface area contributed by atoms with E-state index in [9.17, 15) is 13.2 Å². The highest BCUT2D eigenvalue weighted by atomic mass is 19.4. The van der Waals surface area contributed by atoms with Gasteiger partial charge in [0.05, 0.1) is 5.69 Å². The maximum atomic E-state index is 12.6. The van der Waals surface area contributed by atoms with Crippen LogP contribution in [-0.4, -0.2) is 30.8 Å². The lowest BCUT2D eigenvalue weighted by Crippen LogP contribution is -2.35. The number of rotatable bonds is 8. The molecule has 20 heavy (non-hydrogen) atoms. The summed E-state index contributed by atoms with van der Waals surface area (Å²) in [7, 11) is 0. The summed E-state index contributed by atoms with van der Waals surface area (Å²) in [5.74, 6) is 0. The fourth-order valence-corrected chi connectivity index (χ4v) is 1.94. The van der Waals surface area contributed by atoms with Crippen LogP contribution in [0, 0.1) is 0 Å². The van der Waals surface area contributed by atoms with Crippen LogP contribution in [0.25, 0.3) is 0 Å². The van der Waals surface area contributed by atoms with E-state index in [1.165, 1.54) is 4.90 Å². The second-order valence-corrected chi connectivity index (χ2v) is 4.72. The van der Waals surface area contributed by atoms with Gasteiger partial charge in [-0.15, -0.1) is 0 Å². The molecule has 0 aliphatic rings. The molecule has 0 aromatic carbocycles. The number of anilines is 1. The molecular formula is C14H22F3N3. The van der Waals surface area contributed by atoms with Gasteiger partial charge < -0.3 is 10.2 Å². The molecule has 1 N–H and O–H groups in total. The van der Waals surface area contributed by atoms with Gasteiger partial charge in [-0.3, -0.25) is 4.98 Å². The highest BCUT2D eigenvalue weighted by molar-refractivity contribution is 5.46. The Balaban J connectivity index is 2.77. The van der Waals surface area contributed by atoms with Gasteiger partial charge in [0.15, 0.2) is 0 Å². The maximum Gasteiger partial charge on any atom is 0.405 e. The minimum absolute atomic E-state index is 0.380. The highest BCUT2D eigenvalue weighted by Crippen LogP contribution is 2.22. The first-order valence-electron chi connectivity index (χ1n) is 6.93. The van der Waals surface area contributed by atoms with Gasteiger partial charge >= 0.3 is 6.18 Å². The third-order valence-electron chi connectivity index (χ3n) is 2.76. The van der Waals surface area contributed by atoms with Crippen molar-refractivity contribution in [3.8, 4) is 0 Å². The van der Waals surface area contributed by atoms with Crippen molar-refractivity contribution in [3.63, 3.8) is 0 Å². The Morgan fingerprint density at radius 2 is 2.00 bits per heavy atom. The molecule has 6 heteroatoms. The van der Waals surface area contributed by atoms with Crippen LogP contribution >= 0.6 is 0 Å². The molecule has 0 amide bonds. The van der Waals surface area contributed by atoms with E-state index in [-0.39, 0.29) is 0 Å². The Hall–Kier alpha value is -1.30. The van der Waals surface area contributed by atoms with Gasteiger partial charge in [-0.2, -0.15) is 13.2 Å². The molecular weight excluding hydrogens is 267 g/mol. The van der Waals surface area contributed by atoms with E-state index in [0.717, 1.165) is 18.7 Å². The fourth-order valence-electron chi connectivity index (χ4n) is 1.94. The summed E-state index contributed by atoms with van der Waals surface area (Å²) in [6.07, 6.45) is -0.950. The molecule has 0 bridgehead atoms. The van der Waals surface area contributed by atoms with Crippen molar-refractivity contribution in [2.24, 2.45) is 0 Å². The summed E-state index contributed by atoms with van der Waals surface area (Å²) in [4.78, 5) is 5.53. The van der Waals surface area contributed by atoms with Crippen molar-refractivity contribution in [2.75, 3.05) is 24.5 Å². The van der Waals surface area contributed by atoms with E-state index in [1.54, 1.807) is 18.3 Å². The first-order valence-corrected chi connectivity index (χ1v) is 6.93. The predicted molar refractivity (Wildman–Crippen MR) is 74.8 cm³/mol. The molecule has 1 aromatic heterocycles. The minimum Gasteiger partial charge on any atom is -0.362 e. The Morgan fingerprint density at radius 1 is 1.25 bits per heavy atom. The summed E-state index contributed by atoms with van der Waals surface area (Å²) in [5.41, 5.74) is 1.34. The first kappa shape index (κ1) is 16.8. The van der Waals surface area contributed by atoms with Crippen LogP contribution in [0.5, 0.6) is 0 Å². The van der Waals surface area contributed by atoms with Crippen molar-refractivity contribution in [2.45, 2.75) is 39.4 Å². The molecule has 3 nitrogen and oxygen atoms in total. The Bertz CT molecular complexity index is 393. The summed E-state index contributed by atoms with van der Waals surface area (Å²) in [6.45, 7) is 4.83. The van der Waals surface area contributed by atoms with Crippen LogP contribution in [0.3, 0.4) is 0 Å². The number of halogens is 3. The van der Waals surface area contributed by atoms with E-state index in [1.807, 2.05) is 6.92 Å². The largest absolute Gasteiger partial charge is 0.405 e. The summed E-state index contributed by atoms with van der Waals surface area (Å²) in [6, 6.07) is 3.36. The van der Waals surface area contributed by atoms with Crippen molar-refractivity contribution in [3.05, 3.63) is 24.0 Å². The monoisotopic (exact) mass is 289 g/mol. The van der Waals surface area contributed by atoms with Gasteiger partial charge in [0, 0.05) is 25.0 Å². The SMILES string of the molecule is CCCNCc1cc(N(CCC)CC(F)(F)F)ccn1. The smallest absolute Gasteiger partial charge is 0.362 e. The molecule has 0 saturated carbocycles. The molecule has 1 rings (SSSR count). The van der Waals surface area contributed by atoms with Crippen LogP contribution < -0.4 is 10.2 Å². The Morgan fingerprint density at radius 3 is 2.60 bits per heavy atom. The van der Waals surface area contributed by atoms with Crippen LogP contribution in [0.2, 0.25) is 0 Å². The Labute approximate surface area is 118 Å². The number of pyridine rings is 1. The quantitative estimate of drug-likeness (QED) is 0.744. The van der Waals surface area contributed by atoms with E-state index in [0.29, 0.717) is 25.2 Å². The Kier molecular flexibility index (Phi) is 6.78. The van der Waals surface area contributed by atoms with Gasteiger partial charge in [0.25, 0.3) is 0 Å². The van der Waals surface area contributed by atoms with Gasteiger partial charge in [0.1, 0.15) is 6.54 Å². The fraction of sp³-hybridized carbons (Fsp3) is 0.643. The lowest BCUT2D eigenvalue weighted by Gasteiger charge is -2.25. The van der Waals surface area contributed by atoms with Gasteiger partial charge in [-0.25, -0.2) is 0 Å². The van der Waals surface area contributed by atoms with E-state index in [4.69, 9.17) is 0 Å². The molecule has 114 valence electrons. The van der Waals surface area contributed by atoms with Gasteiger partial charge in [-0.05, 0) is 31.5 Å². The third kappa shape index (κ3) is 6.23. The van der Waals surface area contributed by atoms with Gasteiger partial charge in [0.2, 0.25) is 0 Å². The maximum absolute atomic E-state index is 12.6. The second kappa shape index (κ2) is 8.09. The number of alkyl halides is 3. The molecule has 0 aliphatic carbocycles. The number of hydrogen-bond donors (Lipinski definition) is 1. The summed E-state index contributed by atoms with van der Waals surface area (Å²) in [5, 5.41) is 3.19.